The summed E-state index contributed by atoms with van der Waals surface area (Å²) in [5.74, 6) is -3.14. The van der Waals surface area contributed by atoms with E-state index in [9.17, 15) is 32.9 Å². The highest BCUT2D eigenvalue weighted by atomic mass is 19.4. The van der Waals surface area contributed by atoms with Gasteiger partial charge < -0.3 is 9.94 Å². The number of nitro groups is 1. The molecule has 1 rings (SSSR count). The number of alkyl halides is 3. The number of nitrogens with zero attached hydrogens (tertiary/aromatic N) is 1. The quantitative estimate of drug-likeness (QED) is 0.280. The maximum absolute atomic E-state index is 12.5. The van der Waals surface area contributed by atoms with Crippen LogP contribution in [0.4, 0.5) is 24.5 Å². The Labute approximate surface area is 119 Å². The topological polar surface area (TPSA) is 119 Å². The fourth-order valence-electron chi connectivity index (χ4n) is 1.20. The van der Waals surface area contributed by atoms with E-state index in [0.717, 1.165) is 0 Å². The van der Waals surface area contributed by atoms with Crippen LogP contribution in [0.1, 0.15) is 5.56 Å². The highest BCUT2D eigenvalue weighted by Gasteiger charge is 2.33. The minimum atomic E-state index is -4.79. The Bertz CT molecular complexity index is 656. The van der Waals surface area contributed by atoms with Gasteiger partial charge in [0.2, 0.25) is 0 Å². The number of hydrogen-bond donors (Lipinski definition) is 2. The molecule has 0 saturated carbocycles. The summed E-state index contributed by atoms with van der Waals surface area (Å²) < 4.78 is 37.4. The van der Waals surface area contributed by atoms with Crippen molar-refractivity contribution < 1.29 is 37.6 Å². The van der Waals surface area contributed by atoms with Crippen LogP contribution >= 0.6 is 0 Å². The van der Waals surface area contributed by atoms with Crippen molar-refractivity contribution in [3.05, 3.63) is 46.0 Å². The number of hydrogen-bond acceptors (Lipinski definition) is 6. The van der Waals surface area contributed by atoms with Gasteiger partial charge in [-0.05, 0) is 12.1 Å². The molecule has 22 heavy (non-hydrogen) atoms. The predicted octanol–water partition coefficient (Wildman–Crippen LogP) is 2.12. The Balaban J connectivity index is 3.01. The van der Waals surface area contributed by atoms with Gasteiger partial charge in [-0.25, -0.2) is 15.1 Å². The molecule has 2 N–H and O–H groups in total. The minimum Gasteiger partial charge on any atom is -0.477 e. The molecule has 0 radical (unpaired) electrons. The molecule has 118 valence electrons. The number of nitrogens with one attached hydrogen (secondary N) is 1. The molecule has 0 saturated heterocycles. The van der Waals surface area contributed by atoms with Crippen LogP contribution in [-0.2, 0) is 20.6 Å². The van der Waals surface area contributed by atoms with E-state index >= 15 is 0 Å². The average Bonchev–Trinajstić information content (AvgIpc) is 2.42. The SMILES string of the molecule is C=C(C(=O)O)C(=O)ONc1ccc(C(F)(F)F)cc1[N+](=O)[O-]. The van der Waals surface area contributed by atoms with Gasteiger partial charge in [-0.1, -0.05) is 6.58 Å². The Hall–Kier alpha value is -3.11. The zero-order chi connectivity index (χ0) is 17.1. The molecule has 0 spiro atoms. The molecule has 0 aliphatic heterocycles. The molecule has 0 amide bonds. The van der Waals surface area contributed by atoms with Gasteiger partial charge in [0.15, 0.2) is 0 Å². The third-order valence-electron chi connectivity index (χ3n) is 2.28. The first-order valence-corrected chi connectivity index (χ1v) is 5.29. The van der Waals surface area contributed by atoms with Gasteiger partial charge in [0.05, 0.1) is 10.5 Å². The van der Waals surface area contributed by atoms with Crippen LogP contribution < -0.4 is 5.48 Å². The van der Waals surface area contributed by atoms with Crippen LogP contribution in [0.15, 0.2) is 30.4 Å². The number of rotatable bonds is 5. The molecule has 0 bridgehead atoms. The minimum absolute atomic E-state index is 0.238. The number of carboxylic acids is 1. The van der Waals surface area contributed by atoms with Gasteiger partial charge >= 0.3 is 18.1 Å². The highest BCUT2D eigenvalue weighted by molar-refractivity contribution is 6.12. The maximum atomic E-state index is 12.5. The molecule has 0 aliphatic carbocycles. The first-order chi connectivity index (χ1) is 10.0. The third kappa shape index (κ3) is 3.94. The number of aliphatic carboxylic acids is 1. The third-order valence-corrected chi connectivity index (χ3v) is 2.28. The predicted molar refractivity (Wildman–Crippen MR) is 64.6 cm³/mol. The van der Waals surface area contributed by atoms with E-state index in [-0.39, 0.29) is 6.07 Å². The summed E-state index contributed by atoms with van der Waals surface area (Å²) in [6, 6.07) is 1.43. The lowest BCUT2D eigenvalue weighted by Gasteiger charge is -2.10. The summed E-state index contributed by atoms with van der Waals surface area (Å²) in [7, 11) is 0. The molecule has 0 fully saturated rings. The van der Waals surface area contributed by atoms with E-state index in [1.54, 1.807) is 5.48 Å². The zero-order valence-electron chi connectivity index (χ0n) is 10.5. The average molecular weight is 320 g/mol. The number of carbonyl (C=O) groups excluding carboxylic acids is 1. The molecule has 0 heterocycles. The second kappa shape index (κ2) is 6.11. The number of anilines is 1. The number of carbonyl (C=O) groups is 2. The second-order valence-corrected chi connectivity index (χ2v) is 3.76. The van der Waals surface area contributed by atoms with E-state index in [2.05, 4.69) is 11.4 Å². The molecule has 0 atom stereocenters. The molecular formula is C11H7F3N2O6. The van der Waals surface area contributed by atoms with Gasteiger partial charge in [-0.15, -0.1) is 0 Å². The molecule has 11 heteroatoms. The number of benzene rings is 1. The number of carboxylic acid groups (broad SMARTS) is 1. The van der Waals surface area contributed by atoms with Gasteiger partial charge in [0.25, 0.3) is 5.69 Å². The molecule has 0 unspecified atom stereocenters. The highest BCUT2D eigenvalue weighted by Crippen LogP contribution is 2.34. The van der Waals surface area contributed by atoms with Gasteiger partial charge in [0.1, 0.15) is 11.3 Å². The first-order valence-electron chi connectivity index (χ1n) is 5.29. The van der Waals surface area contributed by atoms with E-state index in [0.29, 0.717) is 12.1 Å². The zero-order valence-corrected chi connectivity index (χ0v) is 10.5. The summed E-state index contributed by atoms with van der Waals surface area (Å²) in [5, 5.41) is 19.2. The number of halogens is 3. The largest absolute Gasteiger partial charge is 0.477 e. The molecule has 1 aromatic carbocycles. The van der Waals surface area contributed by atoms with Crippen molar-refractivity contribution in [3.63, 3.8) is 0 Å². The lowest BCUT2D eigenvalue weighted by Crippen LogP contribution is -2.18. The fraction of sp³-hybridized carbons (Fsp3) is 0.0909. The summed E-state index contributed by atoms with van der Waals surface area (Å²) in [5.41, 5.74) is -2.09. The van der Waals surface area contributed by atoms with Crippen molar-refractivity contribution in [2.24, 2.45) is 0 Å². The Morgan fingerprint density at radius 3 is 2.41 bits per heavy atom. The van der Waals surface area contributed by atoms with E-state index in [4.69, 9.17) is 5.11 Å². The van der Waals surface area contributed by atoms with Gasteiger partial charge in [-0.2, -0.15) is 13.2 Å². The molecule has 0 aliphatic rings. The smallest absolute Gasteiger partial charge is 0.416 e. The molecule has 8 nitrogen and oxygen atoms in total. The van der Waals surface area contributed by atoms with Crippen LogP contribution in [0.2, 0.25) is 0 Å². The normalized spacial score (nSPS) is 10.7. The first kappa shape index (κ1) is 16.9. The number of nitro benzene ring substituents is 1. The van der Waals surface area contributed by atoms with E-state index < -0.39 is 45.5 Å². The summed E-state index contributed by atoms with van der Waals surface area (Å²) >= 11 is 0. The van der Waals surface area contributed by atoms with E-state index in [1.807, 2.05) is 0 Å². The molecule has 1 aromatic rings. The summed E-state index contributed by atoms with van der Waals surface area (Å²) in [4.78, 5) is 35.4. The van der Waals surface area contributed by atoms with Crippen LogP contribution in [0.3, 0.4) is 0 Å². The van der Waals surface area contributed by atoms with Crippen molar-refractivity contribution in [1.82, 2.24) is 0 Å². The van der Waals surface area contributed by atoms with Gasteiger partial charge in [-0.3, -0.25) is 10.1 Å². The Morgan fingerprint density at radius 2 is 1.95 bits per heavy atom. The lowest BCUT2D eigenvalue weighted by atomic mass is 10.1. The van der Waals surface area contributed by atoms with Crippen LogP contribution in [0.5, 0.6) is 0 Å². The van der Waals surface area contributed by atoms with Crippen molar-refractivity contribution in [2.45, 2.75) is 6.18 Å². The molecule has 0 aromatic heterocycles. The van der Waals surface area contributed by atoms with Crippen molar-refractivity contribution >= 4 is 23.3 Å². The van der Waals surface area contributed by atoms with Crippen LogP contribution in [0.25, 0.3) is 0 Å². The standard InChI is InChI=1S/C11H7F3N2O6/c1-5(9(17)18)10(19)22-15-7-3-2-6(11(12,13)14)4-8(7)16(20)21/h2-4,15H,1H2,(H,17,18). The van der Waals surface area contributed by atoms with Gasteiger partial charge in [0, 0.05) is 6.07 Å². The second-order valence-electron chi connectivity index (χ2n) is 3.76. The van der Waals surface area contributed by atoms with Crippen LogP contribution in [0, 0.1) is 10.1 Å². The monoisotopic (exact) mass is 320 g/mol. The Morgan fingerprint density at radius 1 is 1.36 bits per heavy atom. The van der Waals surface area contributed by atoms with Crippen molar-refractivity contribution in [1.29, 1.82) is 0 Å². The Kier molecular flexibility index (Phi) is 4.71. The summed E-state index contributed by atoms with van der Waals surface area (Å²) in [6.07, 6.45) is -4.79. The lowest BCUT2D eigenvalue weighted by molar-refractivity contribution is -0.384. The van der Waals surface area contributed by atoms with Crippen molar-refractivity contribution in [2.75, 3.05) is 5.48 Å². The molecular weight excluding hydrogens is 313 g/mol. The van der Waals surface area contributed by atoms with Crippen molar-refractivity contribution in [3.8, 4) is 0 Å². The maximum Gasteiger partial charge on any atom is 0.416 e. The fourth-order valence-corrected chi connectivity index (χ4v) is 1.20. The van der Waals surface area contributed by atoms with Crippen LogP contribution in [-0.4, -0.2) is 22.0 Å². The van der Waals surface area contributed by atoms with E-state index in [1.165, 1.54) is 0 Å². The summed E-state index contributed by atoms with van der Waals surface area (Å²) in [6.45, 7) is 2.87.